The number of fused-ring (bicyclic) bond motifs is 1. The maximum atomic E-state index is 11.9. The van der Waals surface area contributed by atoms with Gasteiger partial charge in [0.05, 0.1) is 23.4 Å². The highest BCUT2D eigenvalue weighted by atomic mass is 16.2. The topological polar surface area (TPSA) is 54.0 Å². The van der Waals surface area contributed by atoms with E-state index in [0.29, 0.717) is 0 Å². The van der Waals surface area contributed by atoms with Crippen molar-refractivity contribution in [2.45, 2.75) is 18.9 Å². The molecule has 0 unspecified atom stereocenters. The number of hydrogen-bond acceptors (Lipinski definition) is 3. The molecule has 18 heavy (non-hydrogen) atoms. The molecule has 1 aliphatic heterocycles. The normalized spacial score (nSPS) is 19.0. The van der Waals surface area contributed by atoms with Gasteiger partial charge in [-0.1, -0.05) is 18.2 Å². The largest absolute Gasteiger partial charge is 0.323 e. The highest BCUT2D eigenvalue weighted by molar-refractivity contribution is 5.96. The van der Waals surface area contributed by atoms with Crippen LogP contribution in [-0.4, -0.2) is 23.5 Å². The van der Waals surface area contributed by atoms with Crippen LogP contribution in [0.25, 0.3) is 10.9 Å². The predicted octanol–water partition coefficient (Wildman–Crippen LogP) is 1.93. The molecule has 1 atom stereocenters. The molecule has 2 N–H and O–H groups in total. The van der Waals surface area contributed by atoms with Crippen molar-refractivity contribution in [3.63, 3.8) is 0 Å². The van der Waals surface area contributed by atoms with E-state index in [-0.39, 0.29) is 11.9 Å². The molecular formula is C14H15N3O. The SMILES string of the molecule is O=C(Nc1cnc2ccccc2c1)[C@@H]1CCCN1. The van der Waals surface area contributed by atoms with Crippen molar-refractivity contribution in [2.75, 3.05) is 11.9 Å². The molecule has 1 aromatic carbocycles. The van der Waals surface area contributed by atoms with E-state index in [0.717, 1.165) is 36.0 Å². The second kappa shape index (κ2) is 4.74. The zero-order valence-corrected chi connectivity index (χ0v) is 10.0. The van der Waals surface area contributed by atoms with E-state index in [4.69, 9.17) is 0 Å². The smallest absolute Gasteiger partial charge is 0.241 e. The lowest BCUT2D eigenvalue weighted by atomic mass is 10.2. The van der Waals surface area contributed by atoms with Gasteiger partial charge in [0, 0.05) is 5.39 Å². The number of nitrogens with one attached hydrogen (secondary N) is 2. The standard InChI is InChI=1S/C14H15N3O/c18-14(13-6-3-7-15-13)17-11-8-10-4-1-2-5-12(10)16-9-11/h1-2,4-5,8-9,13,15H,3,6-7H2,(H,17,18)/t13-/m0/s1. The molecule has 4 heteroatoms. The average Bonchev–Trinajstić information content (AvgIpc) is 2.92. The molecule has 0 aliphatic carbocycles. The monoisotopic (exact) mass is 241 g/mol. The Morgan fingerprint density at radius 2 is 2.28 bits per heavy atom. The Balaban J connectivity index is 1.79. The zero-order valence-electron chi connectivity index (χ0n) is 10.0. The molecule has 1 amide bonds. The summed E-state index contributed by atoms with van der Waals surface area (Å²) in [7, 11) is 0. The maximum absolute atomic E-state index is 11.9. The fraction of sp³-hybridized carbons (Fsp3) is 0.286. The third-order valence-electron chi connectivity index (χ3n) is 3.23. The van der Waals surface area contributed by atoms with E-state index >= 15 is 0 Å². The molecule has 0 bridgehead atoms. The summed E-state index contributed by atoms with van der Waals surface area (Å²) in [6.45, 7) is 0.925. The molecule has 2 aromatic rings. The lowest BCUT2D eigenvalue weighted by molar-refractivity contribution is -0.117. The fourth-order valence-electron chi connectivity index (χ4n) is 2.28. The highest BCUT2D eigenvalue weighted by Crippen LogP contribution is 2.17. The van der Waals surface area contributed by atoms with Gasteiger partial charge >= 0.3 is 0 Å². The molecule has 2 heterocycles. The summed E-state index contributed by atoms with van der Waals surface area (Å²) in [5, 5.41) is 7.13. The Morgan fingerprint density at radius 3 is 3.11 bits per heavy atom. The van der Waals surface area contributed by atoms with Gasteiger partial charge in [-0.3, -0.25) is 9.78 Å². The summed E-state index contributed by atoms with van der Waals surface area (Å²) in [5.74, 6) is 0.0320. The Kier molecular flexibility index (Phi) is 2.94. The number of benzene rings is 1. The van der Waals surface area contributed by atoms with Crippen molar-refractivity contribution in [3.05, 3.63) is 36.5 Å². The van der Waals surface area contributed by atoms with Crippen molar-refractivity contribution < 1.29 is 4.79 Å². The van der Waals surface area contributed by atoms with Crippen LogP contribution in [0.2, 0.25) is 0 Å². The van der Waals surface area contributed by atoms with E-state index in [1.807, 2.05) is 30.3 Å². The van der Waals surface area contributed by atoms with Crippen molar-refractivity contribution in [2.24, 2.45) is 0 Å². The van der Waals surface area contributed by atoms with Gasteiger partial charge in [0.25, 0.3) is 0 Å². The van der Waals surface area contributed by atoms with E-state index in [1.54, 1.807) is 6.20 Å². The predicted molar refractivity (Wildman–Crippen MR) is 71.4 cm³/mol. The quantitative estimate of drug-likeness (QED) is 0.844. The maximum Gasteiger partial charge on any atom is 0.241 e. The number of hydrogen-bond donors (Lipinski definition) is 2. The van der Waals surface area contributed by atoms with Crippen LogP contribution in [0.15, 0.2) is 36.5 Å². The first-order valence-electron chi connectivity index (χ1n) is 6.22. The fourth-order valence-corrected chi connectivity index (χ4v) is 2.28. The summed E-state index contributed by atoms with van der Waals surface area (Å²) in [6.07, 6.45) is 3.68. The van der Waals surface area contributed by atoms with Crippen molar-refractivity contribution in [1.29, 1.82) is 0 Å². The van der Waals surface area contributed by atoms with Crippen molar-refractivity contribution in [3.8, 4) is 0 Å². The second-order valence-electron chi connectivity index (χ2n) is 4.55. The van der Waals surface area contributed by atoms with Crippen molar-refractivity contribution in [1.82, 2.24) is 10.3 Å². The summed E-state index contributed by atoms with van der Waals surface area (Å²) in [6, 6.07) is 9.77. The van der Waals surface area contributed by atoms with Crippen LogP contribution in [0.1, 0.15) is 12.8 Å². The van der Waals surface area contributed by atoms with Crippen LogP contribution in [0.3, 0.4) is 0 Å². The molecule has 4 nitrogen and oxygen atoms in total. The number of pyridine rings is 1. The van der Waals surface area contributed by atoms with E-state index in [1.165, 1.54) is 0 Å². The molecule has 0 spiro atoms. The average molecular weight is 241 g/mol. The van der Waals surface area contributed by atoms with Gasteiger partial charge in [-0.15, -0.1) is 0 Å². The Bertz CT molecular complexity index is 576. The lowest BCUT2D eigenvalue weighted by Gasteiger charge is -2.11. The van der Waals surface area contributed by atoms with Crippen LogP contribution in [0.4, 0.5) is 5.69 Å². The van der Waals surface area contributed by atoms with Crippen LogP contribution in [0, 0.1) is 0 Å². The number of nitrogens with zero attached hydrogens (tertiary/aromatic N) is 1. The Morgan fingerprint density at radius 1 is 1.39 bits per heavy atom. The first-order chi connectivity index (χ1) is 8.83. The van der Waals surface area contributed by atoms with Gasteiger partial charge in [-0.25, -0.2) is 0 Å². The Labute approximate surface area is 105 Å². The molecule has 1 saturated heterocycles. The number of carbonyl (C=O) groups is 1. The molecule has 0 radical (unpaired) electrons. The number of rotatable bonds is 2. The van der Waals surface area contributed by atoms with Gasteiger partial charge in [0.2, 0.25) is 5.91 Å². The molecule has 3 rings (SSSR count). The molecular weight excluding hydrogens is 226 g/mol. The van der Waals surface area contributed by atoms with Gasteiger partial charge in [-0.2, -0.15) is 0 Å². The molecule has 1 aromatic heterocycles. The number of aromatic nitrogens is 1. The summed E-state index contributed by atoms with van der Waals surface area (Å²) in [4.78, 5) is 16.3. The molecule has 0 saturated carbocycles. The van der Waals surface area contributed by atoms with Crippen LogP contribution in [-0.2, 0) is 4.79 Å². The van der Waals surface area contributed by atoms with E-state index < -0.39 is 0 Å². The third kappa shape index (κ3) is 2.19. The first-order valence-corrected chi connectivity index (χ1v) is 6.22. The number of para-hydroxylation sites is 1. The first kappa shape index (κ1) is 11.2. The van der Waals surface area contributed by atoms with Crippen LogP contribution >= 0.6 is 0 Å². The number of anilines is 1. The molecule has 1 aliphatic rings. The van der Waals surface area contributed by atoms with Crippen molar-refractivity contribution >= 4 is 22.5 Å². The Hall–Kier alpha value is -1.94. The van der Waals surface area contributed by atoms with E-state index in [9.17, 15) is 4.79 Å². The van der Waals surface area contributed by atoms with E-state index in [2.05, 4.69) is 15.6 Å². The number of carbonyl (C=O) groups excluding carboxylic acids is 1. The second-order valence-corrected chi connectivity index (χ2v) is 4.55. The molecule has 92 valence electrons. The summed E-state index contributed by atoms with van der Waals surface area (Å²) in [5.41, 5.74) is 1.70. The van der Waals surface area contributed by atoms with Gasteiger partial charge in [0.15, 0.2) is 0 Å². The van der Waals surface area contributed by atoms with Gasteiger partial charge in [-0.05, 0) is 31.5 Å². The van der Waals surface area contributed by atoms with Gasteiger partial charge < -0.3 is 10.6 Å². The van der Waals surface area contributed by atoms with Crippen LogP contribution in [0.5, 0.6) is 0 Å². The highest BCUT2D eigenvalue weighted by Gasteiger charge is 2.21. The minimum atomic E-state index is -0.0588. The molecule has 1 fully saturated rings. The minimum Gasteiger partial charge on any atom is -0.323 e. The zero-order chi connectivity index (χ0) is 12.4. The number of amides is 1. The third-order valence-corrected chi connectivity index (χ3v) is 3.23. The summed E-state index contributed by atoms with van der Waals surface area (Å²) >= 11 is 0. The lowest BCUT2D eigenvalue weighted by Crippen LogP contribution is -2.35. The van der Waals surface area contributed by atoms with Crippen LogP contribution < -0.4 is 10.6 Å². The summed E-state index contributed by atoms with van der Waals surface area (Å²) < 4.78 is 0. The minimum absolute atomic E-state index is 0.0320. The van der Waals surface area contributed by atoms with Gasteiger partial charge in [0.1, 0.15) is 0 Å².